The van der Waals surface area contributed by atoms with E-state index in [2.05, 4.69) is 0 Å². The molecule has 1 aromatic carbocycles. The summed E-state index contributed by atoms with van der Waals surface area (Å²) in [5, 5.41) is -0.0776. The highest BCUT2D eigenvalue weighted by Crippen LogP contribution is 2.39. The smallest absolute Gasteiger partial charge is 0.181 e. The molecule has 0 N–H and O–H groups in total. The molecule has 1 rings (SSSR count). The fraction of sp³-hybridized carbons (Fsp3) is 0.312. The number of halogens is 4. The second kappa shape index (κ2) is 8.12. The van der Waals surface area contributed by atoms with E-state index in [1.165, 1.54) is 11.8 Å². The molecule has 1 nitrogen and oxygen atoms in total. The fourth-order valence-electron chi connectivity index (χ4n) is 1.37. The molecule has 0 aliphatic rings. The van der Waals surface area contributed by atoms with Crippen LogP contribution in [0.15, 0.2) is 48.6 Å². The average molecular weight is 398 g/mol. The zero-order valence-corrected chi connectivity index (χ0v) is 16.5. The molecule has 0 saturated heterocycles. The Morgan fingerprint density at radius 3 is 1.86 bits per heavy atom. The second-order valence-corrected chi connectivity index (χ2v) is 8.53. The van der Waals surface area contributed by atoms with Gasteiger partial charge in [0.25, 0.3) is 0 Å². The van der Waals surface area contributed by atoms with E-state index >= 15 is 0 Å². The Bertz CT molecular complexity index is 625. The van der Waals surface area contributed by atoms with E-state index in [9.17, 15) is 4.79 Å². The van der Waals surface area contributed by atoms with Crippen LogP contribution in [0.3, 0.4) is 0 Å². The number of allylic oxidation sites excluding steroid dienone is 3. The van der Waals surface area contributed by atoms with Crippen molar-refractivity contribution < 1.29 is 4.79 Å². The number of aryl methyl sites for hydroxylation is 1. The number of hydrogen-bond donors (Lipinski definition) is 0. The van der Waals surface area contributed by atoms with Crippen molar-refractivity contribution in [3.05, 3.63) is 49.3 Å². The van der Waals surface area contributed by atoms with Crippen molar-refractivity contribution in [1.82, 2.24) is 0 Å². The third-order valence-corrected chi connectivity index (χ3v) is 5.50. The Balaban J connectivity index is 3.07. The van der Waals surface area contributed by atoms with Gasteiger partial charge in [-0.05, 0) is 19.1 Å². The third kappa shape index (κ3) is 5.50. The van der Waals surface area contributed by atoms with Crippen molar-refractivity contribution in [2.45, 2.75) is 32.6 Å². The number of thioether (sulfide) groups is 1. The van der Waals surface area contributed by atoms with E-state index in [1.807, 2.05) is 31.2 Å². The van der Waals surface area contributed by atoms with Crippen LogP contribution in [0.1, 0.15) is 26.3 Å². The maximum absolute atomic E-state index is 12.1. The van der Waals surface area contributed by atoms with Gasteiger partial charge in [0.1, 0.15) is 5.03 Å². The zero-order chi connectivity index (χ0) is 17.1. The molecule has 22 heavy (non-hydrogen) atoms. The van der Waals surface area contributed by atoms with Gasteiger partial charge in [0.15, 0.2) is 5.78 Å². The predicted molar refractivity (Wildman–Crippen MR) is 99.0 cm³/mol. The summed E-state index contributed by atoms with van der Waals surface area (Å²) in [6, 6.07) is 7.78. The molecule has 0 aromatic heterocycles. The summed E-state index contributed by atoms with van der Waals surface area (Å²) in [4.78, 5) is 13.0. The van der Waals surface area contributed by atoms with Crippen molar-refractivity contribution in [3.8, 4) is 0 Å². The van der Waals surface area contributed by atoms with E-state index < -0.39 is 5.41 Å². The van der Waals surface area contributed by atoms with Gasteiger partial charge in [-0.25, -0.2) is 0 Å². The lowest BCUT2D eigenvalue weighted by Gasteiger charge is -2.16. The normalized spacial score (nSPS) is 14.4. The van der Waals surface area contributed by atoms with Crippen molar-refractivity contribution in [2.75, 3.05) is 0 Å². The molecular formula is C16H16Cl4OS. The maximum atomic E-state index is 12.1. The van der Waals surface area contributed by atoms with Crippen molar-refractivity contribution >= 4 is 63.9 Å². The van der Waals surface area contributed by atoms with Gasteiger partial charge in [-0.1, -0.05) is 96.6 Å². The topological polar surface area (TPSA) is 17.1 Å². The van der Waals surface area contributed by atoms with Crippen LogP contribution in [0.25, 0.3) is 0 Å². The molecule has 0 aliphatic heterocycles. The first-order valence-corrected chi connectivity index (χ1v) is 8.77. The number of benzene rings is 1. The maximum Gasteiger partial charge on any atom is 0.181 e. The van der Waals surface area contributed by atoms with Gasteiger partial charge in [0.05, 0.1) is 14.4 Å². The number of carbonyl (C=O) groups is 1. The minimum absolute atomic E-state index is 0.0344. The summed E-state index contributed by atoms with van der Waals surface area (Å²) >= 11 is 25.7. The summed E-state index contributed by atoms with van der Waals surface area (Å²) in [6.07, 6.45) is 0. The first kappa shape index (κ1) is 19.9. The molecule has 0 unspecified atom stereocenters. The summed E-state index contributed by atoms with van der Waals surface area (Å²) < 4.78 is 0.260. The summed E-state index contributed by atoms with van der Waals surface area (Å²) in [5.41, 5.74) is 0.498. The van der Waals surface area contributed by atoms with Gasteiger partial charge in [-0.3, -0.25) is 4.79 Å². The first-order valence-electron chi connectivity index (χ1n) is 6.44. The van der Waals surface area contributed by atoms with Gasteiger partial charge < -0.3 is 0 Å². The highest BCUT2D eigenvalue weighted by molar-refractivity contribution is 8.04. The van der Waals surface area contributed by atoms with Crippen molar-refractivity contribution in [3.63, 3.8) is 0 Å². The van der Waals surface area contributed by atoms with E-state index in [4.69, 9.17) is 46.4 Å². The third-order valence-electron chi connectivity index (χ3n) is 2.67. The molecule has 1 aromatic rings. The van der Waals surface area contributed by atoms with Crippen LogP contribution in [0, 0.1) is 12.3 Å². The Morgan fingerprint density at radius 2 is 1.41 bits per heavy atom. The van der Waals surface area contributed by atoms with Gasteiger partial charge in [-0.2, -0.15) is 0 Å². The number of Topliss-reactive ketones (excluding diaryl/α,β-unsaturated/α-hetero) is 1. The Morgan fingerprint density at radius 1 is 0.909 bits per heavy atom. The molecule has 0 amide bonds. The van der Waals surface area contributed by atoms with Crippen LogP contribution in [-0.2, 0) is 4.79 Å². The molecule has 0 spiro atoms. The molecule has 0 radical (unpaired) electrons. The highest BCUT2D eigenvalue weighted by Gasteiger charge is 2.27. The lowest BCUT2D eigenvalue weighted by molar-refractivity contribution is -0.121. The first-order chi connectivity index (χ1) is 10.0. The minimum atomic E-state index is -0.648. The van der Waals surface area contributed by atoms with E-state index in [1.54, 1.807) is 20.8 Å². The Labute approximate surface area is 155 Å². The zero-order valence-electron chi connectivity index (χ0n) is 12.6. The van der Waals surface area contributed by atoms with Crippen LogP contribution >= 0.6 is 58.2 Å². The van der Waals surface area contributed by atoms with Crippen LogP contribution in [0.2, 0.25) is 0 Å². The van der Waals surface area contributed by atoms with Crippen LogP contribution in [0.5, 0.6) is 0 Å². The van der Waals surface area contributed by atoms with E-state index in [-0.39, 0.29) is 25.2 Å². The summed E-state index contributed by atoms with van der Waals surface area (Å²) in [5.74, 6) is -0.290. The number of ketones is 1. The highest BCUT2D eigenvalue weighted by atomic mass is 35.5. The molecule has 0 heterocycles. The van der Waals surface area contributed by atoms with Crippen LogP contribution in [0.4, 0.5) is 0 Å². The average Bonchev–Trinajstić information content (AvgIpc) is 2.45. The Kier molecular flexibility index (Phi) is 7.35. The molecule has 6 heteroatoms. The lowest BCUT2D eigenvalue weighted by atomic mass is 9.90. The molecule has 0 saturated carbocycles. The lowest BCUT2D eigenvalue weighted by Crippen LogP contribution is -2.20. The largest absolute Gasteiger partial charge is 0.293 e. The van der Waals surface area contributed by atoms with Gasteiger partial charge in [0, 0.05) is 10.3 Å². The van der Waals surface area contributed by atoms with Crippen LogP contribution < -0.4 is 0 Å². The fourth-order valence-corrected chi connectivity index (χ4v) is 3.32. The minimum Gasteiger partial charge on any atom is -0.293 e. The predicted octanol–water partition coefficient (Wildman–Crippen LogP) is 7.04. The van der Waals surface area contributed by atoms with Gasteiger partial charge >= 0.3 is 0 Å². The monoisotopic (exact) mass is 396 g/mol. The SMILES string of the molecule is Cc1ccc(S/C(Cl)=C(Cl)/C(Cl)=C(/Cl)C(=O)C(C)(C)C)cc1. The molecule has 0 bridgehead atoms. The quantitative estimate of drug-likeness (QED) is 0.308. The molecule has 0 atom stereocenters. The molecular weight excluding hydrogens is 382 g/mol. The Hall–Kier alpha value is -0.120. The number of hydrogen-bond acceptors (Lipinski definition) is 2. The molecule has 0 fully saturated rings. The van der Waals surface area contributed by atoms with Crippen molar-refractivity contribution in [1.29, 1.82) is 0 Å². The van der Waals surface area contributed by atoms with Gasteiger partial charge in [-0.15, -0.1) is 0 Å². The van der Waals surface area contributed by atoms with Gasteiger partial charge in [0.2, 0.25) is 0 Å². The van der Waals surface area contributed by atoms with Crippen LogP contribution in [-0.4, -0.2) is 5.78 Å². The second-order valence-electron chi connectivity index (χ2n) is 5.71. The number of carbonyl (C=O) groups excluding carboxylic acids is 1. The molecule has 0 aliphatic carbocycles. The standard InChI is InChI=1S/C16H16Cl4OS/c1-9-5-7-10(8-6-9)22-15(20)13(19)11(17)12(18)14(21)16(2,3)4/h5-8H,1-4H3/b12-11-,15-13-. The molecule has 120 valence electrons. The van der Waals surface area contributed by atoms with Crippen molar-refractivity contribution in [2.24, 2.45) is 5.41 Å². The van der Waals surface area contributed by atoms with E-state index in [0.29, 0.717) is 0 Å². The summed E-state index contributed by atoms with van der Waals surface area (Å²) in [6.45, 7) is 7.25. The summed E-state index contributed by atoms with van der Waals surface area (Å²) in [7, 11) is 0. The number of rotatable bonds is 4. The van der Waals surface area contributed by atoms with E-state index in [0.717, 1.165) is 10.5 Å².